The van der Waals surface area contributed by atoms with E-state index in [2.05, 4.69) is 19.2 Å². The summed E-state index contributed by atoms with van der Waals surface area (Å²) in [7, 11) is 0. The van der Waals surface area contributed by atoms with E-state index in [0.29, 0.717) is 12.6 Å². The number of hydrogen-bond acceptors (Lipinski definition) is 2. The van der Waals surface area contributed by atoms with Gasteiger partial charge in [0.1, 0.15) is 5.82 Å². The Morgan fingerprint density at radius 1 is 1.43 bits per heavy atom. The van der Waals surface area contributed by atoms with Gasteiger partial charge in [-0.2, -0.15) is 0 Å². The van der Waals surface area contributed by atoms with Crippen LogP contribution < -0.4 is 5.32 Å². The maximum absolute atomic E-state index is 13.4. The third-order valence-electron chi connectivity index (χ3n) is 1.98. The molecule has 1 aromatic carbocycles. The van der Waals surface area contributed by atoms with Gasteiger partial charge in [0.15, 0.2) is 0 Å². The Bertz CT molecular complexity index is 299. The quantitative estimate of drug-likeness (QED) is 0.771. The van der Waals surface area contributed by atoms with Crippen LogP contribution in [-0.2, 0) is 6.54 Å². The van der Waals surface area contributed by atoms with E-state index in [-0.39, 0.29) is 5.82 Å². The average Bonchev–Trinajstić information content (AvgIpc) is 2.15. The lowest BCUT2D eigenvalue weighted by Gasteiger charge is -2.11. The molecule has 1 aromatic rings. The highest BCUT2D eigenvalue weighted by atomic mass is 32.2. The zero-order valence-electron chi connectivity index (χ0n) is 8.80. The molecule has 0 aliphatic carbocycles. The molecule has 0 spiro atoms. The van der Waals surface area contributed by atoms with Crippen molar-refractivity contribution in [2.24, 2.45) is 0 Å². The van der Waals surface area contributed by atoms with Crippen molar-refractivity contribution in [1.82, 2.24) is 5.32 Å². The Hall–Kier alpha value is -0.540. The van der Waals surface area contributed by atoms with Gasteiger partial charge in [0.05, 0.1) is 0 Å². The molecule has 14 heavy (non-hydrogen) atoms. The predicted molar refractivity (Wildman–Crippen MR) is 60.2 cm³/mol. The first-order valence-electron chi connectivity index (χ1n) is 4.70. The summed E-state index contributed by atoms with van der Waals surface area (Å²) in [5.74, 6) is -0.120. The molecule has 0 fully saturated rings. The molecule has 0 radical (unpaired) electrons. The summed E-state index contributed by atoms with van der Waals surface area (Å²) in [6.07, 6.45) is 1.97. The molecule has 0 atom stereocenters. The molecule has 0 aliphatic heterocycles. The van der Waals surface area contributed by atoms with Crippen molar-refractivity contribution >= 4 is 11.8 Å². The minimum absolute atomic E-state index is 0.120. The second-order valence-corrected chi connectivity index (χ2v) is 4.30. The van der Waals surface area contributed by atoms with Crippen LogP contribution in [-0.4, -0.2) is 12.3 Å². The number of halogens is 1. The fraction of sp³-hybridized carbons (Fsp3) is 0.455. The zero-order chi connectivity index (χ0) is 10.6. The molecule has 0 amide bonds. The Labute approximate surface area is 89.1 Å². The van der Waals surface area contributed by atoms with Crippen molar-refractivity contribution in [3.8, 4) is 0 Å². The minimum Gasteiger partial charge on any atom is -0.310 e. The van der Waals surface area contributed by atoms with Crippen molar-refractivity contribution in [2.75, 3.05) is 6.26 Å². The molecule has 0 saturated heterocycles. The highest BCUT2D eigenvalue weighted by molar-refractivity contribution is 7.98. The van der Waals surface area contributed by atoms with E-state index in [0.717, 1.165) is 10.5 Å². The Kier molecular flexibility index (Phi) is 4.42. The maximum Gasteiger partial charge on any atom is 0.128 e. The van der Waals surface area contributed by atoms with E-state index in [1.807, 2.05) is 12.3 Å². The largest absolute Gasteiger partial charge is 0.310 e. The fourth-order valence-corrected chi connectivity index (χ4v) is 1.84. The number of benzene rings is 1. The van der Waals surface area contributed by atoms with Crippen LogP contribution in [0.5, 0.6) is 0 Å². The standard InChI is InChI=1S/C11H16FNS/c1-8(2)13-7-9-10(12)5-4-6-11(9)14-3/h4-6,8,13H,7H2,1-3H3. The molecule has 0 heterocycles. The first kappa shape index (κ1) is 11.5. The molecule has 1 nitrogen and oxygen atoms in total. The SMILES string of the molecule is CSc1cccc(F)c1CNC(C)C. The molecule has 0 aromatic heterocycles. The summed E-state index contributed by atoms with van der Waals surface area (Å²) >= 11 is 1.58. The zero-order valence-corrected chi connectivity index (χ0v) is 9.62. The van der Waals surface area contributed by atoms with Crippen LogP contribution in [0.25, 0.3) is 0 Å². The third kappa shape index (κ3) is 3.00. The molecule has 78 valence electrons. The summed E-state index contributed by atoms with van der Waals surface area (Å²) < 4.78 is 13.4. The third-order valence-corrected chi connectivity index (χ3v) is 2.81. The lowest BCUT2D eigenvalue weighted by Crippen LogP contribution is -2.22. The molecular formula is C11H16FNS. The lowest BCUT2D eigenvalue weighted by molar-refractivity contribution is 0.546. The molecular weight excluding hydrogens is 197 g/mol. The van der Waals surface area contributed by atoms with Gasteiger partial charge in [-0.25, -0.2) is 4.39 Å². The summed E-state index contributed by atoms with van der Waals surface area (Å²) in [6, 6.07) is 5.59. The van der Waals surface area contributed by atoms with Crippen LogP contribution in [0.4, 0.5) is 4.39 Å². The normalized spacial score (nSPS) is 10.9. The molecule has 1 rings (SSSR count). The second-order valence-electron chi connectivity index (χ2n) is 3.46. The van der Waals surface area contributed by atoms with E-state index in [1.54, 1.807) is 17.8 Å². The monoisotopic (exact) mass is 213 g/mol. The predicted octanol–water partition coefficient (Wildman–Crippen LogP) is 3.05. The van der Waals surface area contributed by atoms with Crippen molar-refractivity contribution in [1.29, 1.82) is 0 Å². The van der Waals surface area contributed by atoms with Crippen LogP contribution in [0, 0.1) is 5.82 Å². The van der Waals surface area contributed by atoms with Crippen LogP contribution in [0.2, 0.25) is 0 Å². The Morgan fingerprint density at radius 3 is 2.71 bits per heavy atom. The van der Waals surface area contributed by atoms with Crippen LogP contribution in [0.3, 0.4) is 0 Å². The summed E-state index contributed by atoms with van der Waals surface area (Å²) in [4.78, 5) is 1.01. The van der Waals surface area contributed by atoms with E-state index in [4.69, 9.17) is 0 Å². The topological polar surface area (TPSA) is 12.0 Å². The molecule has 0 bridgehead atoms. The van der Waals surface area contributed by atoms with Gasteiger partial charge in [-0.1, -0.05) is 19.9 Å². The first-order valence-corrected chi connectivity index (χ1v) is 5.92. The summed E-state index contributed by atoms with van der Waals surface area (Å²) in [6.45, 7) is 4.71. The van der Waals surface area contributed by atoms with Crippen LogP contribution >= 0.6 is 11.8 Å². The molecule has 1 N–H and O–H groups in total. The van der Waals surface area contributed by atoms with Gasteiger partial charge in [0.2, 0.25) is 0 Å². The number of nitrogens with one attached hydrogen (secondary N) is 1. The van der Waals surface area contributed by atoms with E-state index in [1.165, 1.54) is 6.07 Å². The van der Waals surface area contributed by atoms with Crippen molar-refractivity contribution < 1.29 is 4.39 Å². The Morgan fingerprint density at radius 2 is 2.14 bits per heavy atom. The van der Waals surface area contributed by atoms with Crippen molar-refractivity contribution in [2.45, 2.75) is 31.3 Å². The number of hydrogen-bond donors (Lipinski definition) is 1. The summed E-state index contributed by atoms with van der Waals surface area (Å²) in [5, 5.41) is 3.22. The van der Waals surface area contributed by atoms with Gasteiger partial charge in [-0.05, 0) is 18.4 Å². The Balaban J connectivity index is 2.82. The summed E-state index contributed by atoms with van der Waals surface area (Å²) in [5.41, 5.74) is 0.772. The number of thioether (sulfide) groups is 1. The second kappa shape index (κ2) is 5.37. The van der Waals surface area contributed by atoms with Gasteiger partial charge in [0, 0.05) is 23.0 Å². The number of rotatable bonds is 4. The van der Waals surface area contributed by atoms with Crippen molar-refractivity contribution in [3.05, 3.63) is 29.6 Å². The van der Waals surface area contributed by atoms with Gasteiger partial charge in [0.25, 0.3) is 0 Å². The molecule has 0 aliphatic rings. The maximum atomic E-state index is 13.4. The minimum atomic E-state index is -0.120. The van der Waals surface area contributed by atoms with Gasteiger partial charge in [-0.3, -0.25) is 0 Å². The van der Waals surface area contributed by atoms with Gasteiger partial charge in [-0.15, -0.1) is 11.8 Å². The first-order chi connectivity index (χ1) is 6.65. The van der Waals surface area contributed by atoms with Crippen LogP contribution in [0.1, 0.15) is 19.4 Å². The van der Waals surface area contributed by atoms with Crippen LogP contribution in [0.15, 0.2) is 23.1 Å². The smallest absolute Gasteiger partial charge is 0.128 e. The molecule has 3 heteroatoms. The fourth-order valence-electron chi connectivity index (χ4n) is 1.21. The van der Waals surface area contributed by atoms with Gasteiger partial charge >= 0.3 is 0 Å². The highest BCUT2D eigenvalue weighted by Gasteiger charge is 2.07. The average molecular weight is 213 g/mol. The van der Waals surface area contributed by atoms with E-state index >= 15 is 0 Å². The molecule has 0 unspecified atom stereocenters. The lowest BCUT2D eigenvalue weighted by atomic mass is 10.2. The van der Waals surface area contributed by atoms with Crippen molar-refractivity contribution in [3.63, 3.8) is 0 Å². The molecule has 0 saturated carbocycles. The van der Waals surface area contributed by atoms with E-state index < -0.39 is 0 Å². The van der Waals surface area contributed by atoms with Gasteiger partial charge < -0.3 is 5.32 Å². The van der Waals surface area contributed by atoms with E-state index in [9.17, 15) is 4.39 Å². The highest BCUT2D eigenvalue weighted by Crippen LogP contribution is 2.22.